The van der Waals surface area contributed by atoms with Gasteiger partial charge in [0.25, 0.3) is 0 Å². The van der Waals surface area contributed by atoms with Crippen molar-refractivity contribution in [2.24, 2.45) is 10.9 Å². The van der Waals surface area contributed by atoms with Gasteiger partial charge in [-0.1, -0.05) is 26.0 Å². The van der Waals surface area contributed by atoms with E-state index in [0.717, 1.165) is 12.1 Å². The summed E-state index contributed by atoms with van der Waals surface area (Å²) in [6, 6.07) is 3.94. The molecule has 0 aromatic heterocycles. The molecule has 0 amide bonds. The average molecular weight is 317 g/mol. The molecule has 0 bridgehead atoms. The molecule has 1 aromatic carbocycles. The van der Waals surface area contributed by atoms with Crippen molar-refractivity contribution in [1.29, 1.82) is 0 Å². The Balaban J connectivity index is 3.42. The number of hydrogen-bond acceptors (Lipinski definition) is 2. The molecule has 1 unspecified atom stereocenters. The van der Waals surface area contributed by atoms with Crippen molar-refractivity contribution in [1.82, 2.24) is 0 Å². The van der Waals surface area contributed by atoms with E-state index in [0.29, 0.717) is 12.0 Å². The Bertz CT molecular complexity index is 576. The molecular formula is C16H19F4NO. The van der Waals surface area contributed by atoms with Crippen molar-refractivity contribution in [3.8, 4) is 0 Å². The molecule has 1 aromatic rings. The molecule has 0 aliphatic carbocycles. The first-order chi connectivity index (χ1) is 10.2. The fourth-order valence-electron chi connectivity index (χ4n) is 1.92. The summed E-state index contributed by atoms with van der Waals surface area (Å²) in [5.41, 5.74) is -0.620. The van der Waals surface area contributed by atoms with E-state index in [1.54, 1.807) is 13.8 Å². The fourth-order valence-corrected chi connectivity index (χ4v) is 1.92. The van der Waals surface area contributed by atoms with Crippen LogP contribution in [0.2, 0.25) is 0 Å². The SMILES string of the molecule is C/C=C(\N=C(c1ccc(CO)cc1F)C(C)CC)C(F)(F)F. The number of allylic oxidation sites excluding steroid dienone is 2. The van der Waals surface area contributed by atoms with Gasteiger partial charge < -0.3 is 5.11 Å². The minimum absolute atomic E-state index is 0.0233. The Morgan fingerprint density at radius 1 is 1.36 bits per heavy atom. The quantitative estimate of drug-likeness (QED) is 0.624. The first-order valence-electron chi connectivity index (χ1n) is 6.96. The second-order valence-electron chi connectivity index (χ2n) is 4.95. The number of rotatable bonds is 5. The zero-order valence-electron chi connectivity index (χ0n) is 12.7. The Morgan fingerprint density at radius 2 is 2.00 bits per heavy atom. The van der Waals surface area contributed by atoms with E-state index >= 15 is 0 Å². The summed E-state index contributed by atoms with van der Waals surface area (Å²) in [6.07, 6.45) is -3.20. The van der Waals surface area contributed by atoms with Gasteiger partial charge in [-0.05, 0) is 37.0 Å². The van der Waals surface area contributed by atoms with Crippen LogP contribution in [0, 0.1) is 11.7 Å². The minimum atomic E-state index is -4.59. The lowest BCUT2D eigenvalue weighted by molar-refractivity contribution is -0.0924. The second kappa shape index (κ2) is 7.54. The standard InChI is InChI=1S/C16H19F4NO/c1-4-10(3)15(21-14(5-2)16(18,19)20)12-7-6-11(9-22)8-13(12)17/h5-8,10,22H,4,9H2,1-3H3/b14-5-,21-15?. The molecule has 22 heavy (non-hydrogen) atoms. The molecule has 0 saturated carbocycles. The molecule has 122 valence electrons. The largest absolute Gasteiger partial charge is 0.433 e. The van der Waals surface area contributed by atoms with Crippen LogP contribution in [0.5, 0.6) is 0 Å². The zero-order chi connectivity index (χ0) is 16.9. The van der Waals surface area contributed by atoms with Crippen LogP contribution in [0.4, 0.5) is 17.6 Å². The zero-order valence-corrected chi connectivity index (χ0v) is 12.7. The number of aliphatic hydroxyl groups excluding tert-OH is 1. The van der Waals surface area contributed by atoms with Crippen LogP contribution in [-0.2, 0) is 6.61 Å². The van der Waals surface area contributed by atoms with E-state index in [-0.39, 0.29) is 23.8 Å². The highest BCUT2D eigenvalue weighted by molar-refractivity contribution is 6.03. The molecule has 0 radical (unpaired) electrons. The Labute approximate surface area is 127 Å². The van der Waals surface area contributed by atoms with Crippen molar-refractivity contribution in [2.45, 2.75) is 40.0 Å². The summed E-state index contributed by atoms with van der Waals surface area (Å²) in [7, 11) is 0. The molecule has 0 heterocycles. The van der Waals surface area contributed by atoms with Gasteiger partial charge >= 0.3 is 6.18 Å². The summed E-state index contributed by atoms with van der Waals surface area (Å²) in [5.74, 6) is -1.03. The number of aliphatic imine (C=N–C) groups is 1. The first kappa shape index (κ1) is 18.4. The highest BCUT2D eigenvalue weighted by atomic mass is 19.4. The third-order valence-corrected chi connectivity index (χ3v) is 3.38. The number of alkyl halides is 3. The van der Waals surface area contributed by atoms with Crippen molar-refractivity contribution in [3.05, 3.63) is 46.9 Å². The molecule has 0 aliphatic heterocycles. The third-order valence-electron chi connectivity index (χ3n) is 3.38. The topological polar surface area (TPSA) is 32.6 Å². The maximum Gasteiger partial charge on any atom is 0.433 e. The molecule has 0 spiro atoms. The van der Waals surface area contributed by atoms with Crippen LogP contribution in [-0.4, -0.2) is 17.0 Å². The van der Waals surface area contributed by atoms with E-state index in [1.165, 1.54) is 19.1 Å². The lowest BCUT2D eigenvalue weighted by atomic mass is 9.94. The number of aliphatic hydroxyl groups is 1. The van der Waals surface area contributed by atoms with Gasteiger partial charge in [-0.25, -0.2) is 9.38 Å². The predicted molar refractivity (Wildman–Crippen MR) is 78.1 cm³/mol. The summed E-state index contributed by atoms with van der Waals surface area (Å²) < 4.78 is 52.8. The monoisotopic (exact) mass is 317 g/mol. The lowest BCUT2D eigenvalue weighted by Crippen LogP contribution is -2.18. The van der Waals surface area contributed by atoms with Crippen LogP contribution in [0.3, 0.4) is 0 Å². The Kier molecular flexibility index (Phi) is 6.29. The summed E-state index contributed by atoms with van der Waals surface area (Å²) >= 11 is 0. The molecule has 0 fully saturated rings. The van der Waals surface area contributed by atoms with Crippen LogP contribution < -0.4 is 0 Å². The minimum Gasteiger partial charge on any atom is -0.392 e. The van der Waals surface area contributed by atoms with E-state index < -0.39 is 17.7 Å². The highest BCUT2D eigenvalue weighted by Crippen LogP contribution is 2.29. The van der Waals surface area contributed by atoms with E-state index in [4.69, 9.17) is 5.11 Å². The van der Waals surface area contributed by atoms with Gasteiger partial charge in [0.2, 0.25) is 0 Å². The average Bonchev–Trinajstić information content (AvgIpc) is 2.47. The van der Waals surface area contributed by atoms with Crippen molar-refractivity contribution in [2.75, 3.05) is 0 Å². The van der Waals surface area contributed by atoms with Crippen LogP contribution in [0.25, 0.3) is 0 Å². The number of halogens is 4. The summed E-state index contributed by atoms with van der Waals surface area (Å²) in [6.45, 7) is 4.40. The third kappa shape index (κ3) is 4.40. The van der Waals surface area contributed by atoms with Crippen molar-refractivity contribution >= 4 is 5.71 Å². The fraction of sp³-hybridized carbons (Fsp3) is 0.438. The lowest BCUT2D eigenvalue weighted by Gasteiger charge is -2.16. The molecule has 0 saturated heterocycles. The van der Waals surface area contributed by atoms with E-state index in [1.807, 2.05) is 0 Å². The normalized spacial score (nSPS) is 15.1. The molecule has 6 heteroatoms. The number of nitrogens with zero attached hydrogens (tertiary/aromatic N) is 1. The molecular weight excluding hydrogens is 298 g/mol. The number of benzene rings is 1. The molecule has 0 aliphatic rings. The van der Waals surface area contributed by atoms with Gasteiger partial charge in [-0.2, -0.15) is 13.2 Å². The van der Waals surface area contributed by atoms with Gasteiger partial charge in [0, 0.05) is 5.56 Å². The van der Waals surface area contributed by atoms with Crippen molar-refractivity contribution in [3.63, 3.8) is 0 Å². The predicted octanol–water partition coefficient (Wildman–Crippen LogP) is 4.62. The second-order valence-corrected chi connectivity index (χ2v) is 4.95. The summed E-state index contributed by atoms with van der Waals surface area (Å²) in [5, 5.41) is 8.98. The van der Waals surface area contributed by atoms with E-state index in [9.17, 15) is 17.6 Å². The Morgan fingerprint density at radius 3 is 2.41 bits per heavy atom. The van der Waals surface area contributed by atoms with E-state index in [2.05, 4.69) is 4.99 Å². The molecule has 1 N–H and O–H groups in total. The van der Waals surface area contributed by atoms with Crippen LogP contribution in [0.15, 0.2) is 35.0 Å². The van der Waals surface area contributed by atoms with Gasteiger partial charge in [0.15, 0.2) is 0 Å². The van der Waals surface area contributed by atoms with Crippen LogP contribution >= 0.6 is 0 Å². The van der Waals surface area contributed by atoms with Crippen LogP contribution in [0.1, 0.15) is 38.3 Å². The highest BCUT2D eigenvalue weighted by Gasteiger charge is 2.34. The maximum atomic E-state index is 14.1. The van der Waals surface area contributed by atoms with Gasteiger partial charge in [0.1, 0.15) is 11.5 Å². The van der Waals surface area contributed by atoms with Crippen molar-refractivity contribution < 1.29 is 22.7 Å². The van der Waals surface area contributed by atoms with Gasteiger partial charge in [-0.3, -0.25) is 0 Å². The maximum absolute atomic E-state index is 14.1. The van der Waals surface area contributed by atoms with Gasteiger partial charge in [0.05, 0.1) is 12.3 Å². The smallest absolute Gasteiger partial charge is 0.392 e. The summed E-state index contributed by atoms with van der Waals surface area (Å²) in [4.78, 5) is 3.67. The first-order valence-corrected chi connectivity index (χ1v) is 6.96. The number of hydrogen-bond donors (Lipinski definition) is 1. The molecule has 2 nitrogen and oxygen atoms in total. The Hall–Kier alpha value is -1.69. The molecule has 1 atom stereocenters. The van der Waals surface area contributed by atoms with Gasteiger partial charge in [-0.15, -0.1) is 0 Å². The molecule has 1 rings (SSSR count).